The summed E-state index contributed by atoms with van der Waals surface area (Å²) in [5, 5.41) is 0.877. The molecule has 2 N–H and O–H groups in total. The topological polar surface area (TPSA) is 65.2 Å². The maximum atomic E-state index is 11.6. The number of hydrogen-bond acceptors (Lipinski definition) is 5. The van der Waals surface area contributed by atoms with Crippen molar-refractivity contribution in [3.05, 3.63) is 53.0 Å². The second-order valence-corrected chi connectivity index (χ2v) is 5.79. The van der Waals surface area contributed by atoms with E-state index in [4.69, 9.17) is 10.5 Å². The lowest BCUT2D eigenvalue weighted by molar-refractivity contribution is 0.101. The summed E-state index contributed by atoms with van der Waals surface area (Å²) in [6.07, 6.45) is 0. The van der Waals surface area contributed by atoms with E-state index >= 15 is 0 Å². The highest BCUT2D eigenvalue weighted by Crippen LogP contribution is 2.26. The molecule has 1 aromatic heterocycles. The van der Waals surface area contributed by atoms with E-state index in [1.54, 1.807) is 29.5 Å². The van der Waals surface area contributed by atoms with E-state index in [9.17, 15) is 4.79 Å². The summed E-state index contributed by atoms with van der Waals surface area (Å²) in [6.45, 7) is 1.84. The maximum Gasteiger partial charge on any atom is 0.163 e. The van der Waals surface area contributed by atoms with E-state index in [1.165, 1.54) is 6.92 Å². The lowest BCUT2D eigenvalue weighted by atomic mass is 10.1. The first kappa shape index (κ1) is 13.6. The second kappa shape index (κ2) is 5.54. The molecule has 0 bridgehead atoms. The Morgan fingerprint density at radius 1 is 1.29 bits per heavy atom. The van der Waals surface area contributed by atoms with E-state index < -0.39 is 0 Å². The molecular formula is C16H14N2O2S. The normalized spacial score (nSPS) is 10.7. The highest BCUT2D eigenvalue weighted by molar-refractivity contribution is 7.18. The van der Waals surface area contributed by atoms with Gasteiger partial charge in [-0.25, -0.2) is 4.98 Å². The molecule has 0 aliphatic rings. The smallest absolute Gasteiger partial charge is 0.163 e. The number of thiazole rings is 1. The molecule has 0 radical (unpaired) electrons. The van der Waals surface area contributed by atoms with Crippen LogP contribution in [-0.2, 0) is 6.61 Å². The highest BCUT2D eigenvalue weighted by atomic mass is 32.1. The quantitative estimate of drug-likeness (QED) is 0.589. The Morgan fingerprint density at radius 2 is 2.10 bits per heavy atom. The van der Waals surface area contributed by atoms with Crippen LogP contribution >= 0.6 is 11.3 Å². The van der Waals surface area contributed by atoms with Gasteiger partial charge >= 0.3 is 0 Å². The molecule has 3 aromatic rings. The summed E-state index contributed by atoms with van der Waals surface area (Å²) in [6, 6.07) is 13.0. The average Bonchev–Trinajstić information content (AvgIpc) is 2.88. The molecule has 5 heteroatoms. The van der Waals surface area contributed by atoms with Crippen molar-refractivity contribution >= 4 is 33.0 Å². The zero-order chi connectivity index (χ0) is 14.8. The van der Waals surface area contributed by atoms with E-state index in [0.717, 1.165) is 15.2 Å². The molecule has 0 amide bonds. The third-order valence-electron chi connectivity index (χ3n) is 3.07. The van der Waals surface area contributed by atoms with Gasteiger partial charge in [0.15, 0.2) is 5.78 Å². The Bertz CT molecular complexity index is 778. The van der Waals surface area contributed by atoms with Crippen molar-refractivity contribution in [2.45, 2.75) is 13.5 Å². The fraction of sp³-hybridized carbons (Fsp3) is 0.125. The summed E-state index contributed by atoms with van der Waals surface area (Å²) in [4.78, 5) is 16.1. The number of para-hydroxylation sites is 1. The standard InChI is InChI=1S/C16H14N2O2S/c1-10(19)12-8-11(17)6-7-14(12)20-9-16-18-13-4-2-3-5-15(13)21-16/h2-8H,9,17H2,1H3. The molecule has 0 atom stereocenters. The Balaban J connectivity index is 1.83. The first-order valence-electron chi connectivity index (χ1n) is 6.51. The van der Waals surface area contributed by atoms with Crippen LogP contribution in [0.15, 0.2) is 42.5 Å². The minimum Gasteiger partial charge on any atom is -0.486 e. The second-order valence-electron chi connectivity index (χ2n) is 4.68. The molecule has 0 saturated carbocycles. The SMILES string of the molecule is CC(=O)c1cc(N)ccc1OCc1nc2ccccc2s1. The molecule has 21 heavy (non-hydrogen) atoms. The predicted octanol–water partition coefficient (Wildman–Crippen LogP) is 3.66. The molecule has 3 rings (SSSR count). The minimum absolute atomic E-state index is 0.0680. The molecule has 2 aromatic carbocycles. The van der Waals surface area contributed by atoms with Crippen LogP contribution in [-0.4, -0.2) is 10.8 Å². The van der Waals surface area contributed by atoms with Gasteiger partial charge in [0.2, 0.25) is 0 Å². The largest absolute Gasteiger partial charge is 0.486 e. The van der Waals surface area contributed by atoms with Gasteiger partial charge in [0, 0.05) is 5.69 Å². The molecule has 106 valence electrons. The van der Waals surface area contributed by atoms with E-state index in [-0.39, 0.29) is 5.78 Å². The van der Waals surface area contributed by atoms with Crippen molar-refractivity contribution in [1.82, 2.24) is 4.98 Å². The van der Waals surface area contributed by atoms with Crippen LogP contribution in [0.4, 0.5) is 5.69 Å². The number of aromatic nitrogens is 1. The van der Waals surface area contributed by atoms with Crippen LogP contribution in [0.1, 0.15) is 22.3 Å². The van der Waals surface area contributed by atoms with Crippen LogP contribution < -0.4 is 10.5 Å². The first-order valence-corrected chi connectivity index (χ1v) is 7.33. The Kier molecular flexibility index (Phi) is 3.58. The number of Topliss-reactive ketones (excluding diaryl/α,β-unsaturated/α-hetero) is 1. The number of nitrogen functional groups attached to an aromatic ring is 1. The minimum atomic E-state index is -0.0680. The van der Waals surface area contributed by atoms with Gasteiger partial charge in [-0.3, -0.25) is 4.79 Å². The molecular weight excluding hydrogens is 284 g/mol. The monoisotopic (exact) mass is 298 g/mol. The molecule has 0 unspecified atom stereocenters. The van der Waals surface area contributed by atoms with Crippen LogP contribution in [0.3, 0.4) is 0 Å². The zero-order valence-corrected chi connectivity index (χ0v) is 12.3. The molecule has 0 saturated heterocycles. The highest BCUT2D eigenvalue weighted by Gasteiger charge is 2.10. The Labute approximate surface area is 126 Å². The van der Waals surface area contributed by atoms with Crippen molar-refractivity contribution < 1.29 is 9.53 Å². The number of carbonyl (C=O) groups excluding carboxylic acids is 1. The number of carbonyl (C=O) groups is 1. The lowest BCUT2D eigenvalue weighted by Gasteiger charge is -2.09. The van der Waals surface area contributed by atoms with Crippen LogP contribution in [0.2, 0.25) is 0 Å². The van der Waals surface area contributed by atoms with Gasteiger partial charge in [-0.15, -0.1) is 11.3 Å². The van der Waals surface area contributed by atoms with Crippen LogP contribution in [0, 0.1) is 0 Å². The van der Waals surface area contributed by atoms with Crippen molar-refractivity contribution in [2.75, 3.05) is 5.73 Å². The average molecular weight is 298 g/mol. The van der Waals surface area contributed by atoms with Gasteiger partial charge in [0.1, 0.15) is 17.4 Å². The van der Waals surface area contributed by atoms with Gasteiger partial charge in [-0.2, -0.15) is 0 Å². The number of hydrogen-bond donors (Lipinski definition) is 1. The molecule has 1 heterocycles. The number of benzene rings is 2. The zero-order valence-electron chi connectivity index (χ0n) is 11.5. The van der Waals surface area contributed by atoms with E-state index in [1.807, 2.05) is 24.3 Å². The van der Waals surface area contributed by atoms with Crippen molar-refractivity contribution in [1.29, 1.82) is 0 Å². The van der Waals surface area contributed by atoms with Crippen molar-refractivity contribution in [3.63, 3.8) is 0 Å². The maximum absolute atomic E-state index is 11.6. The number of fused-ring (bicyclic) bond motifs is 1. The molecule has 0 aliphatic carbocycles. The third kappa shape index (κ3) is 2.87. The first-order chi connectivity index (χ1) is 10.1. The lowest BCUT2D eigenvalue weighted by Crippen LogP contribution is -2.02. The summed E-state index contributed by atoms with van der Waals surface area (Å²) < 4.78 is 6.87. The number of ether oxygens (including phenoxy) is 1. The fourth-order valence-corrected chi connectivity index (χ4v) is 2.95. The number of nitrogens with zero attached hydrogens (tertiary/aromatic N) is 1. The number of rotatable bonds is 4. The Morgan fingerprint density at radius 3 is 2.86 bits per heavy atom. The third-order valence-corrected chi connectivity index (χ3v) is 4.08. The van der Waals surface area contributed by atoms with Crippen molar-refractivity contribution in [2.24, 2.45) is 0 Å². The van der Waals surface area contributed by atoms with Gasteiger partial charge < -0.3 is 10.5 Å². The predicted molar refractivity (Wildman–Crippen MR) is 84.8 cm³/mol. The number of ketones is 1. The summed E-state index contributed by atoms with van der Waals surface area (Å²) in [7, 11) is 0. The van der Waals surface area contributed by atoms with Crippen molar-refractivity contribution in [3.8, 4) is 5.75 Å². The van der Waals surface area contributed by atoms with E-state index in [0.29, 0.717) is 23.6 Å². The summed E-state index contributed by atoms with van der Waals surface area (Å²) in [5.74, 6) is 0.470. The number of anilines is 1. The van der Waals surface area contributed by atoms with Crippen LogP contribution in [0.25, 0.3) is 10.2 Å². The van der Waals surface area contributed by atoms with E-state index in [2.05, 4.69) is 4.98 Å². The molecule has 4 nitrogen and oxygen atoms in total. The molecule has 0 fully saturated rings. The summed E-state index contributed by atoms with van der Waals surface area (Å²) >= 11 is 1.59. The van der Waals surface area contributed by atoms with Gasteiger partial charge in [-0.1, -0.05) is 12.1 Å². The summed E-state index contributed by atoms with van der Waals surface area (Å²) in [5.41, 5.74) is 7.71. The number of nitrogens with two attached hydrogens (primary N) is 1. The van der Waals surface area contributed by atoms with Crippen LogP contribution in [0.5, 0.6) is 5.75 Å². The fourth-order valence-electron chi connectivity index (χ4n) is 2.07. The van der Waals surface area contributed by atoms with Gasteiger partial charge in [0.25, 0.3) is 0 Å². The Hall–Kier alpha value is -2.40. The molecule has 0 aliphatic heterocycles. The van der Waals surface area contributed by atoms with Gasteiger partial charge in [-0.05, 0) is 37.3 Å². The van der Waals surface area contributed by atoms with Gasteiger partial charge in [0.05, 0.1) is 15.8 Å². The molecule has 0 spiro atoms.